The molecular formula is C2H6B2O. The Morgan fingerprint density at radius 1 is 1.80 bits per heavy atom. The van der Waals surface area contributed by atoms with E-state index in [2.05, 4.69) is 0 Å². The summed E-state index contributed by atoms with van der Waals surface area (Å²) in [6.45, 7) is 2.03. The minimum Gasteiger partial charge on any atom is -0.406 e. The maximum absolute atomic E-state index is 7.98. The summed E-state index contributed by atoms with van der Waals surface area (Å²) >= 11 is 0. The van der Waals surface area contributed by atoms with E-state index < -0.39 is 0 Å². The fourth-order valence-corrected chi connectivity index (χ4v) is 0.105. The maximum atomic E-state index is 7.98. The fraction of sp³-hybridized carbons (Fsp3) is 1.00. The van der Waals surface area contributed by atoms with Gasteiger partial charge in [-0.15, -0.1) is 0 Å². The van der Waals surface area contributed by atoms with Crippen molar-refractivity contribution in [2.75, 3.05) is 6.51 Å². The van der Waals surface area contributed by atoms with Gasteiger partial charge in [-0.05, 0) is 0 Å². The molecule has 2 radical (unpaired) electrons. The van der Waals surface area contributed by atoms with Gasteiger partial charge < -0.3 is 5.11 Å². The summed E-state index contributed by atoms with van der Waals surface area (Å²) in [5.74, 6) is 0. The van der Waals surface area contributed by atoms with Crippen LogP contribution in [-0.2, 0) is 0 Å². The zero-order valence-corrected chi connectivity index (χ0v) is 3.31. The van der Waals surface area contributed by atoms with Crippen molar-refractivity contribution in [1.82, 2.24) is 0 Å². The van der Waals surface area contributed by atoms with Crippen LogP contribution in [0.3, 0.4) is 0 Å². The Balaban J connectivity index is 2.19. The highest BCUT2D eigenvalue weighted by molar-refractivity contribution is 6.99. The monoisotopic (exact) mass is 68.1 g/mol. The molecule has 0 aliphatic carbocycles. The Labute approximate surface area is 33.9 Å². The molecule has 26 valence electrons. The smallest absolute Gasteiger partial charge is 0.0997 e. The predicted octanol–water partition coefficient (Wildman–Crippen LogP) is -0.692. The molecule has 0 atom stereocenters. The third kappa shape index (κ3) is 4.09. The van der Waals surface area contributed by atoms with Gasteiger partial charge in [0.15, 0.2) is 0 Å². The first-order valence-corrected chi connectivity index (χ1v) is 1.64. The molecule has 0 aliphatic heterocycles. The fourth-order valence-electron chi connectivity index (χ4n) is 0.105. The average Bonchev–Trinajstić information content (AvgIpc) is 1.41. The second-order valence-corrected chi connectivity index (χ2v) is 0.752. The van der Waals surface area contributed by atoms with Crippen LogP contribution in [0.2, 0.25) is 6.82 Å². The lowest BCUT2D eigenvalue weighted by Crippen LogP contribution is -2.02. The molecule has 5 heavy (non-hydrogen) atoms. The summed E-state index contributed by atoms with van der Waals surface area (Å²) in [6.07, 6.45) is 0. The van der Waals surface area contributed by atoms with E-state index in [1.807, 2.05) is 6.82 Å². The van der Waals surface area contributed by atoms with Crippen LogP contribution in [0.1, 0.15) is 0 Å². The normalized spacial score (nSPS) is 6.80. The Morgan fingerprint density at radius 2 is 2.40 bits per heavy atom. The van der Waals surface area contributed by atoms with Crippen molar-refractivity contribution >= 4 is 14.3 Å². The number of hydrogen-bond donors (Lipinski definition) is 1. The van der Waals surface area contributed by atoms with Crippen LogP contribution in [-0.4, -0.2) is 26.0 Å². The molecule has 0 saturated carbocycles. The molecule has 0 aliphatic rings. The van der Waals surface area contributed by atoms with Gasteiger partial charge in [-0.25, -0.2) is 0 Å². The molecule has 0 aromatic carbocycles. The zero-order chi connectivity index (χ0) is 4.12. The molecule has 0 fully saturated rings. The molecule has 0 aromatic heterocycles. The minimum atomic E-state index is 0.163. The van der Waals surface area contributed by atoms with E-state index in [1.54, 1.807) is 14.3 Å². The van der Waals surface area contributed by atoms with Crippen LogP contribution < -0.4 is 0 Å². The third-order valence-electron chi connectivity index (χ3n) is 0.341. The first kappa shape index (κ1) is 5.09. The standard InChI is InChI=1S/C2H6B2O/c1-3-4-2-5/h5H,2H2,1H3. The third-order valence-corrected chi connectivity index (χ3v) is 0.341. The van der Waals surface area contributed by atoms with Gasteiger partial charge in [0.2, 0.25) is 0 Å². The molecule has 1 nitrogen and oxygen atoms in total. The molecular weight excluding hydrogens is 61.6 g/mol. The molecule has 0 rings (SSSR count). The van der Waals surface area contributed by atoms with Crippen molar-refractivity contribution in [1.29, 1.82) is 0 Å². The summed E-state index contributed by atoms with van der Waals surface area (Å²) in [7, 11) is 3.49. The number of aliphatic hydroxyl groups is 1. The summed E-state index contributed by atoms with van der Waals surface area (Å²) < 4.78 is 0. The van der Waals surface area contributed by atoms with Crippen LogP contribution in [0.25, 0.3) is 0 Å². The molecule has 0 heterocycles. The van der Waals surface area contributed by atoms with E-state index in [-0.39, 0.29) is 6.51 Å². The van der Waals surface area contributed by atoms with Crippen LogP contribution in [0, 0.1) is 0 Å². The molecule has 0 spiro atoms. The van der Waals surface area contributed by atoms with Crippen LogP contribution in [0.15, 0.2) is 0 Å². The predicted molar refractivity (Wildman–Crippen MR) is 24.5 cm³/mol. The summed E-state index contributed by atoms with van der Waals surface area (Å²) in [5, 5.41) is 7.98. The number of rotatable bonds is 2. The van der Waals surface area contributed by atoms with Gasteiger partial charge in [-0.1, -0.05) is 6.82 Å². The second-order valence-electron chi connectivity index (χ2n) is 0.752. The second kappa shape index (κ2) is 4.09. The number of hydrogen-bond acceptors (Lipinski definition) is 1. The van der Waals surface area contributed by atoms with Crippen molar-refractivity contribution < 1.29 is 5.11 Å². The van der Waals surface area contributed by atoms with Gasteiger partial charge in [0.1, 0.15) is 0 Å². The molecule has 0 aromatic rings. The van der Waals surface area contributed by atoms with Crippen molar-refractivity contribution in [2.24, 2.45) is 0 Å². The Kier molecular flexibility index (Phi) is 4.16. The topological polar surface area (TPSA) is 20.2 Å². The van der Waals surface area contributed by atoms with Gasteiger partial charge >= 0.3 is 0 Å². The zero-order valence-electron chi connectivity index (χ0n) is 3.31. The van der Waals surface area contributed by atoms with Gasteiger partial charge in [0.05, 0.1) is 14.3 Å². The highest BCUT2D eigenvalue weighted by atomic mass is 16.2. The summed E-state index contributed by atoms with van der Waals surface area (Å²) in [5.41, 5.74) is 0. The van der Waals surface area contributed by atoms with Crippen molar-refractivity contribution in [3.8, 4) is 0 Å². The first-order valence-electron chi connectivity index (χ1n) is 1.64. The van der Waals surface area contributed by atoms with E-state index in [1.165, 1.54) is 0 Å². The van der Waals surface area contributed by atoms with E-state index >= 15 is 0 Å². The lowest BCUT2D eigenvalue weighted by Gasteiger charge is -1.74. The SMILES string of the molecule is C[B][B]CO. The van der Waals surface area contributed by atoms with Crippen LogP contribution in [0.5, 0.6) is 0 Å². The van der Waals surface area contributed by atoms with Gasteiger partial charge in [0, 0.05) is 6.51 Å². The van der Waals surface area contributed by atoms with Crippen molar-refractivity contribution in [2.45, 2.75) is 6.82 Å². The van der Waals surface area contributed by atoms with Crippen molar-refractivity contribution in [3.63, 3.8) is 0 Å². The van der Waals surface area contributed by atoms with Crippen molar-refractivity contribution in [3.05, 3.63) is 0 Å². The van der Waals surface area contributed by atoms with E-state index in [4.69, 9.17) is 5.11 Å². The summed E-state index contributed by atoms with van der Waals surface area (Å²) in [4.78, 5) is 0. The van der Waals surface area contributed by atoms with E-state index in [9.17, 15) is 0 Å². The highest BCUT2D eigenvalue weighted by Crippen LogP contribution is 1.47. The quantitative estimate of drug-likeness (QED) is 0.424. The lowest BCUT2D eigenvalue weighted by molar-refractivity contribution is 0.368. The molecule has 0 bridgehead atoms. The Bertz CT molecular complexity index is 15.1. The highest BCUT2D eigenvalue weighted by Gasteiger charge is 1.75. The maximum Gasteiger partial charge on any atom is 0.0997 e. The molecule has 1 N–H and O–H groups in total. The largest absolute Gasteiger partial charge is 0.406 e. The van der Waals surface area contributed by atoms with Gasteiger partial charge in [0.25, 0.3) is 0 Å². The van der Waals surface area contributed by atoms with Gasteiger partial charge in [-0.2, -0.15) is 0 Å². The van der Waals surface area contributed by atoms with Crippen LogP contribution >= 0.6 is 0 Å². The molecule has 0 saturated heterocycles. The van der Waals surface area contributed by atoms with E-state index in [0.29, 0.717) is 0 Å². The average molecular weight is 67.7 g/mol. The Hall–Kier alpha value is 0.0899. The molecule has 0 unspecified atom stereocenters. The lowest BCUT2D eigenvalue weighted by atomic mass is 9.42. The summed E-state index contributed by atoms with van der Waals surface area (Å²) in [6, 6.07) is 0. The van der Waals surface area contributed by atoms with E-state index in [0.717, 1.165) is 0 Å². The van der Waals surface area contributed by atoms with Crippen LogP contribution in [0.4, 0.5) is 0 Å². The number of aliphatic hydroxyl groups excluding tert-OH is 1. The van der Waals surface area contributed by atoms with Gasteiger partial charge in [-0.3, -0.25) is 0 Å². The first-order chi connectivity index (χ1) is 2.41. The Morgan fingerprint density at radius 3 is 2.40 bits per heavy atom. The minimum absolute atomic E-state index is 0.163. The molecule has 3 heteroatoms. The molecule has 0 amide bonds.